The number of nitrogens with zero attached hydrogens (tertiary/aromatic N) is 1. The van der Waals surface area contributed by atoms with Gasteiger partial charge in [-0.25, -0.2) is 0 Å². The summed E-state index contributed by atoms with van der Waals surface area (Å²) in [6, 6.07) is 11.6. The van der Waals surface area contributed by atoms with Crippen molar-refractivity contribution in [3.05, 3.63) is 59.2 Å². The van der Waals surface area contributed by atoms with Gasteiger partial charge in [-0.15, -0.1) is 11.8 Å². The van der Waals surface area contributed by atoms with Gasteiger partial charge >= 0.3 is 6.18 Å². The van der Waals surface area contributed by atoms with Crippen molar-refractivity contribution in [1.29, 1.82) is 0 Å². The van der Waals surface area contributed by atoms with Crippen molar-refractivity contribution in [2.24, 2.45) is 5.92 Å². The summed E-state index contributed by atoms with van der Waals surface area (Å²) in [6.45, 7) is 3.64. The van der Waals surface area contributed by atoms with Gasteiger partial charge in [-0.1, -0.05) is 37.3 Å². The predicted molar refractivity (Wildman–Crippen MR) is 117 cm³/mol. The number of carbonyl (C=O) groups is 1. The van der Waals surface area contributed by atoms with Crippen molar-refractivity contribution < 1.29 is 22.7 Å². The summed E-state index contributed by atoms with van der Waals surface area (Å²) in [5.74, 6) is -0.202. The van der Waals surface area contributed by atoms with E-state index in [4.69, 9.17) is 4.74 Å². The third-order valence-corrected chi connectivity index (χ3v) is 6.36. The molecule has 0 aliphatic carbocycles. The molecule has 0 unspecified atom stereocenters. The maximum Gasteiger partial charge on any atom is 0.416 e. The van der Waals surface area contributed by atoms with Crippen molar-refractivity contribution in [3.8, 4) is 5.75 Å². The number of carbonyl (C=O) groups excluding carboxylic acids is 1. The number of likely N-dealkylation sites (tertiary alicyclic amines) is 1. The largest absolute Gasteiger partial charge is 0.496 e. The Morgan fingerprint density at radius 2 is 1.94 bits per heavy atom. The van der Waals surface area contributed by atoms with E-state index in [1.807, 2.05) is 37.4 Å². The summed E-state index contributed by atoms with van der Waals surface area (Å²) in [5.41, 5.74) is -0.403. The zero-order valence-electron chi connectivity index (χ0n) is 18.0. The fourth-order valence-electron chi connectivity index (χ4n) is 4.49. The minimum atomic E-state index is -4.53. The second kappa shape index (κ2) is 9.12. The molecule has 3 rings (SSSR count). The van der Waals surface area contributed by atoms with Crippen molar-refractivity contribution >= 4 is 17.7 Å². The van der Waals surface area contributed by atoms with Crippen LogP contribution < -0.4 is 10.1 Å². The highest BCUT2D eigenvalue weighted by atomic mass is 32.2. The normalized spacial score (nSPS) is 22.2. The molecule has 1 aliphatic rings. The molecule has 4 nitrogen and oxygen atoms in total. The number of hydrogen-bond donors (Lipinski definition) is 1. The number of hydrogen-bond acceptors (Lipinski definition) is 4. The number of piperidine rings is 1. The Hall–Kier alpha value is -2.19. The van der Waals surface area contributed by atoms with Crippen LogP contribution >= 0.6 is 11.8 Å². The second-order valence-electron chi connectivity index (χ2n) is 8.16. The van der Waals surface area contributed by atoms with Crippen molar-refractivity contribution in [2.45, 2.75) is 30.0 Å². The molecule has 1 fully saturated rings. The van der Waals surface area contributed by atoms with E-state index in [0.29, 0.717) is 12.5 Å². The molecule has 31 heavy (non-hydrogen) atoms. The lowest BCUT2D eigenvalue weighted by molar-refractivity contribution is -0.137. The van der Waals surface area contributed by atoms with Crippen molar-refractivity contribution in [3.63, 3.8) is 0 Å². The average Bonchev–Trinajstić information content (AvgIpc) is 2.71. The van der Waals surface area contributed by atoms with Gasteiger partial charge < -0.3 is 15.0 Å². The number of rotatable bonds is 5. The average molecular weight is 453 g/mol. The quantitative estimate of drug-likeness (QED) is 0.646. The molecule has 0 saturated carbocycles. The van der Waals surface area contributed by atoms with Crippen molar-refractivity contribution in [2.75, 3.05) is 33.5 Å². The fraction of sp³-hybridized carbons (Fsp3) is 0.435. The number of likely N-dealkylation sites (N-methyl/N-ethyl adjacent to an activating group) is 1. The lowest BCUT2D eigenvalue weighted by Gasteiger charge is -2.45. The first-order chi connectivity index (χ1) is 14.6. The van der Waals surface area contributed by atoms with Gasteiger partial charge in [-0.3, -0.25) is 4.79 Å². The SMILES string of the molecule is COc1cc(C(F)(F)F)cc(SC)c1C(=O)N[C@]1(c2ccccc2)C[C@H](C)CN(C)C1. The first kappa shape index (κ1) is 23.5. The number of halogens is 3. The monoisotopic (exact) mass is 452 g/mol. The van der Waals surface area contributed by atoms with Gasteiger partial charge in [-0.2, -0.15) is 13.2 Å². The Labute approximate surface area is 185 Å². The molecule has 1 aliphatic heterocycles. The van der Waals surface area contributed by atoms with Crippen LogP contribution in [0.1, 0.15) is 34.8 Å². The van der Waals surface area contributed by atoms with E-state index in [9.17, 15) is 18.0 Å². The maximum absolute atomic E-state index is 13.5. The molecule has 0 bridgehead atoms. The first-order valence-corrected chi connectivity index (χ1v) is 11.2. The van der Waals surface area contributed by atoms with E-state index < -0.39 is 23.2 Å². The highest BCUT2D eigenvalue weighted by Crippen LogP contribution is 2.40. The van der Waals surface area contributed by atoms with Crippen LogP contribution in [0.15, 0.2) is 47.4 Å². The lowest BCUT2D eigenvalue weighted by Crippen LogP contribution is -2.57. The predicted octanol–water partition coefficient (Wildman–Crippen LogP) is 5.03. The topological polar surface area (TPSA) is 41.6 Å². The van der Waals surface area contributed by atoms with Crippen LogP contribution in [0.3, 0.4) is 0 Å². The van der Waals surface area contributed by atoms with E-state index in [1.165, 1.54) is 7.11 Å². The number of benzene rings is 2. The Kier molecular flexibility index (Phi) is 6.91. The number of alkyl halides is 3. The molecule has 2 aromatic rings. The van der Waals surface area contributed by atoms with Crippen LogP contribution in [0.4, 0.5) is 13.2 Å². The number of methoxy groups -OCH3 is 1. The first-order valence-electron chi connectivity index (χ1n) is 9.99. The summed E-state index contributed by atoms with van der Waals surface area (Å²) in [4.78, 5) is 15.9. The second-order valence-corrected chi connectivity index (χ2v) is 9.01. The van der Waals surface area contributed by atoms with Crippen LogP contribution in [0.2, 0.25) is 0 Å². The number of thioether (sulfide) groups is 1. The molecule has 168 valence electrons. The van der Waals surface area contributed by atoms with Gasteiger partial charge in [0.2, 0.25) is 0 Å². The molecule has 0 radical (unpaired) electrons. The summed E-state index contributed by atoms with van der Waals surface area (Å²) >= 11 is 1.09. The van der Waals surface area contributed by atoms with Gasteiger partial charge in [-0.05, 0) is 43.3 Å². The zero-order chi connectivity index (χ0) is 22.8. The van der Waals surface area contributed by atoms with Gasteiger partial charge in [0.15, 0.2) is 0 Å². The molecule has 1 amide bonds. The molecule has 1 N–H and O–H groups in total. The molecule has 8 heteroatoms. The Morgan fingerprint density at radius 1 is 1.26 bits per heavy atom. The van der Waals surface area contributed by atoms with E-state index in [0.717, 1.165) is 42.4 Å². The summed E-state index contributed by atoms with van der Waals surface area (Å²) in [6.07, 6.45) is -2.15. The minimum Gasteiger partial charge on any atom is -0.496 e. The molecule has 2 atom stereocenters. The molecule has 1 heterocycles. The van der Waals surface area contributed by atoms with Gasteiger partial charge in [0.1, 0.15) is 5.75 Å². The van der Waals surface area contributed by atoms with E-state index >= 15 is 0 Å². The van der Waals surface area contributed by atoms with Gasteiger partial charge in [0.25, 0.3) is 5.91 Å². The summed E-state index contributed by atoms with van der Waals surface area (Å²) in [5, 5.41) is 3.18. The van der Waals surface area contributed by atoms with Crippen LogP contribution in [0, 0.1) is 5.92 Å². The van der Waals surface area contributed by atoms with Crippen molar-refractivity contribution in [1.82, 2.24) is 10.2 Å². The molecule has 1 saturated heterocycles. The highest BCUT2D eigenvalue weighted by Gasteiger charge is 2.41. The molecular formula is C23H27F3N2O2S. The highest BCUT2D eigenvalue weighted by molar-refractivity contribution is 7.98. The molecular weight excluding hydrogens is 425 g/mol. The standard InChI is InChI=1S/C23H27F3N2O2S/c1-15-12-22(14-28(2)13-15,16-8-6-5-7-9-16)27-21(29)20-18(30-3)10-17(23(24,25)26)11-19(20)31-4/h5-11,15H,12-14H2,1-4H3,(H,27,29)/t15-,22+/m0/s1. The van der Waals surface area contributed by atoms with Gasteiger partial charge in [0, 0.05) is 18.0 Å². The third kappa shape index (κ3) is 5.01. The third-order valence-electron chi connectivity index (χ3n) is 5.60. The number of ether oxygens (including phenoxy) is 1. The van der Waals surface area contributed by atoms with Crippen LogP contribution in [-0.4, -0.2) is 44.3 Å². The van der Waals surface area contributed by atoms with Crippen LogP contribution in [-0.2, 0) is 11.7 Å². The number of amides is 1. The zero-order valence-corrected chi connectivity index (χ0v) is 18.9. The fourth-order valence-corrected chi connectivity index (χ4v) is 5.13. The lowest BCUT2D eigenvalue weighted by atomic mass is 9.78. The van der Waals surface area contributed by atoms with E-state index in [2.05, 4.69) is 17.1 Å². The summed E-state index contributed by atoms with van der Waals surface area (Å²) < 4.78 is 45.2. The number of nitrogens with one attached hydrogen (secondary N) is 1. The molecule has 0 spiro atoms. The van der Waals surface area contributed by atoms with Crippen LogP contribution in [0.25, 0.3) is 0 Å². The molecule has 0 aromatic heterocycles. The smallest absolute Gasteiger partial charge is 0.416 e. The maximum atomic E-state index is 13.5. The van der Waals surface area contributed by atoms with Gasteiger partial charge in [0.05, 0.1) is 23.8 Å². The summed E-state index contributed by atoms with van der Waals surface area (Å²) in [7, 11) is 3.28. The van der Waals surface area contributed by atoms with E-state index in [-0.39, 0.29) is 16.2 Å². The minimum absolute atomic E-state index is 0.0860. The Balaban J connectivity index is 2.07. The Morgan fingerprint density at radius 3 is 2.48 bits per heavy atom. The van der Waals surface area contributed by atoms with Crippen LogP contribution in [0.5, 0.6) is 5.75 Å². The molecule has 2 aromatic carbocycles. The van der Waals surface area contributed by atoms with E-state index in [1.54, 1.807) is 6.26 Å². The Bertz CT molecular complexity index is 899.